The summed E-state index contributed by atoms with van der Waals surface area (Å²) in [6.45, 7) is 2.89. The minimum atomic E-state index is -0.348. The number of nitriles is 1. The summed E-state index contributed by atoms with van der Waals surface area (Å²) in [6, 6.07) is 15.5. The zero-order valence-electron chi connectivity index (χ0n) is 19.2. The van der Waals surface area contributed by atoms with Crippen molar-refractivity contribution in [2.75, 3.05) is 25.0 Å². The molecule has 35 heavy (non-hydrogen) atoms. The largest absolute Gasteiger partial charge is 0.457 e. The molecular formula is C27H25FN4O3. The molecule has 0 saturated carbocycles. The van der Waals surface area contributed by atoms with Crippen LogP contribution in [0.4, 0.5) is 10.2 Å². The summed E-state index contributed by atoms with van der Waals surface area (Å²) in [6.07, 6.45) is 4.01. The van der Waals surface area contributed by atoms with Crippen LogP contribution in [0.5, 0.6) is 0 Å². The monoisotopic (exact) mass is 472 g/mol. The number of anilines is 1. The molecule has 3 aromatic rings. The number of benzene rings is 2. The highest BCUT2D eigenvalue weighted by molar-refractivity contribution is 5.93. The van der Waals surface area contributed by atoms with Crippen molar-refractivity contribution in [3.05, 3.63) is 82.8 Å². The Morgan fingerprint density at radius 3 is 2.66 bits per heavy atom. The van der Waals surface area contributed by atoms with Crippen molar-refractivity contribution in [2.45, 2.75) is 25.9 Å². The minimum Gasteiger partial charge on any atom is -0.457 e. The van der Waals surface area contributed by atoms with Crippen LogP contribution in [-0.2, 0) is 22.6 Å². The summed E-state index contributed by atoms with van der Waals surface area (Å²) in [5, 5.41) is 12.3. The van der Waals surface area contributed by atoms with Gasteiger partial charge >= 0.3 is 5.97 Å². The minimum absolute atomic E-state index is 0.0705. The second-order valence-corrected chi connectivity index (χ2v) is 9.00. The van der Waals surface area contributed by atoms with Crippen molar-refractivity contribution >= 4 is 17.7 Å². The predicted molar refractivity (Wildman–Crippen MR) is 128 cm³/mol. The first-order chi connectivity index (χ1) is 17.0. The van der Waals surface area contributed by atoms with E-state index in [4.69, 9.17) is 4.74 Å². The summed E-state index contributed by atoms with van der Waals surface area (Å²) in [5.74, 6) is -0.283. The number of piperidine rings is 1. The number of fused-ring (bicyclic) bond motifs is 1. The highest BCUT2D eigenvalue weighted by atomic mass is 19.1. The topological polar surface area (TPSA) is 87.4 Å². The van der Waals surface area contributed by atoms with Crippen LogP contribution in [0, 0.1) is 23.1 Å². The number of rotatable bonds is 6. The predicted octanol–water partition coefficient (Wildman–Crippen LogP) is 4.05. The Balaban J connectivity index is 1.16. The normalized spacial score (nSPS) is 15.9. The average molecular weight is 473 g/mol. The fourth-order valence-electron chi connectivity index (χ4n) is 4.71. The summed E-state index contributed by atoms with van der Waals surface area (Å²) >= 11 is 0. The van der Waals surface area contributed by atoms with Crippen molar-refractivity contribution in [3.8, 4) is 11.8 Å². The Morgan fingerprint density at radius 2 is 1.91 bits per heavy atom. The number of nitrogens with one attached hydrogen (secondary N) is 1. The number of cyclic esters (lactones) is 1. The lowest BCUT2D eigenvalue weighted by molar-refractivity contribution is -0.121. The van der Waals surface area contributed by atoms with Crippen LogP contribution in [-0.4, -0.2) is 41.0 Å². The van der Waals surface area contributed by atoms with E-state index in [0.29, 0.717) is 29.2 Å². The first-order valence-corrected chi connectivity index (χ1v) is 11.7. The SMILES string of the molecule is N#Cc1cc(NC(=O)C2CCN(CCc3ccc4c(c3)COC4=O)CC2)n(-c2ccc(F)cc2)c1. The third-order valence-corrected chi connectivity index (χ3v) is 6.73. The molecule has 2 aliphatic rings. The molecule has 0 bridgehead atoms. The summed E-state index contributed by atoms with van der Waals surface area (Å²) in [4.78, 5) is 27.0. The second kappa shape index (κ2) is 9.72. The number of carbonyl (C=O) groups is 2. The molecule has 1 fully saturated rings. The summed E-state index contributed by atoms with van der Waals surface area (Å²) in [5.41, 5.74) is 3.88. The molecule has 1 saturated heterocycles. The van der Waals surface area contributed by atoms with Gasteiger partial charge in [-0.25, -0.2) is 9.18 Å². The number of hydrogen-bond donors (Lipinski definition) is 1. The van der Waals surface area contributed by atoms with Crippen LogP contribution in [0.3, 0.4) is 0 Å². The third-order valence-electron chi connectivity index (χ3n) is 6.73. The van der Waals surface area contributed by atoms with Gasteiger partial charge in [-0.2, -0.15) is 5.26 Å². The molecule has 1 N–H and O–H groups in total. The number of likely N-dealkylation sites (tertiary alicyclic amines) is 1. The van der Waals surface area contributed by atoms with E-state index in [0.717, 1.165) is 44.5 Å². The molecule has 7 nitrogen and oxygen atoms in total. The Bertz CT molecular complexity index is 1300. The number of ether oxygens (including phenoxy) is 1. The van der Waals surface area contributed by atoms with Gasteiger partial charge in [0.2, 0.25) is 5.91 Å². The van der Waals surface area contributed by atoms with E-state index < -0.39 is 0 Å². The lowest BCUT2D eigenvalue weighted by atomic mass is 9.95. The van der Waals surface area contributed by atoms with Crippen molar-refractivity contribution in [2.24, 2.45) is 5.92 Å². The highest BCUT2D eigenvalue weighted by Gasteiger charge is 2.26. The molecule has 3 heterocycles. The Morgan fingerprint density at radius 1 is 1.14 bits per heavy atom. The van der Waals surface area contributed by atoms with Crippen LogP contribution < -0.4 is 5.32 Å². The molecule has 2 aliphatic heterocycles. The quantitative estimate of drug-likeness (QED) is 0.547. The number of carbonyl (C=O) groups excluding carboxylic acids is 2. The zero-order valence-corrected chi connectivity index (χ0v) is 19.2. The molecule has 178 valence electrons. The number of hydrogen-bond acceptors (Lipinski definition) is 5. The molecule has 0 aliphatic carbocycles. The van der Waals surface area contributed by atoms with E-state index >= 15 is 0 Å². The maximum atomic E-state index is 13.3. The smallest absolute Gasteiger partial charge is 0.338 e. The number of amides is 1. The van der Waals surface area contributed by atoms with Gasteiger partial charge < -0.3 is 19.5 Å². The fourth-order valence-corrected chi connectivity index (χ4v) is 4.71. The highest BCUT2D eigenvalue weighted by Crippen LogP contribution is 2.25. The van der Waals surface area contributed by atoms with Gasteiger partial charge in [0.1, 0.15) is 24.3 Å². The van der Waals surface area contributed by atoms with E-state index in [9.17, 15) is 19.2 Å². The molecule has 1 amide bonds. The van der Waals surface area contributed by atoms with E-state index in [1.807, 2.05) is 18.2 Å². The van der Waals surface area contributed by atoms with Crippen molar-refractivity contribution < 1.29 is 18.7 Å². The first-order valence-electron chi connectivity index (χ1n) is 11.7. The third kappa shape index (κ3) is 4.96. The molecule has 8 heteroatoms. The number of nitrogens with zero attached hydrogens (tertiary/aromatic N) is 3. The molecule has 1 aromatic heterocycles. The number of aromatic nitrogens is 1. The molecule has 2 aromatic carbocycles. The standard InChI is InChI=1S/C27H25FN4O3/c28-22-2-4-23(5-3-22)32-16-19(15-29)14-25(32)30-26(33)20-8-11-31(12-9-20)10-7-18-1-6-24-21(13-18)17-35-27(24)34/h1-6,13-14,16,20H,7-12,17H2,(H,30,33). The van der Waals surface area contributed by atoms with E-state index in [1.165, 1.54) is 17.7 Å². The van der Waals surface area contributed by atoms with Crippen LogP contribution >= 0.6 is 0 Å². The van der Waals surface area contributed by atoms with E-state index in [-0.39, 0.29) is 23.6 Å². The van der Waals surface area contributed by atoms with Crippen LogP contribution in [0.2, 0.25) is 0 Å². The number of esters is 1. The lowest BCUT2D eigenvalue weighted by Crippen LogP contribution is -2.39. The Labute approximate surface area is 202 Å². The average Bonchev–Trinajstić information content (AvgIpc) is 3.46. The van der Waals surface area contributed by atoms with Gasteiger partial charge in [0.05, 0.1) is 11.1 Å². The van der Waals surface area contributed by atoms with Gasteiger partial charge in [-0.15, -0.1) is 0 Å². The molecule has 0 radical (unpaired) electrons. The van der Waals surface area contributed by atoms with Crippen molar-refractivity contribution in [1.29, 1.82) is 5.26 Å². The molecular weight excluding hydrogens is 447 g/mol. The Kier molecular flexibility index (Phi) is 6.34. The van der Waals surface area contributed by atoms with Gasteiger partial charge in [-0.3, -0.25) is 4.79 Å². The van der Waals surface area contributed by atoms with Crippen molar-refractivity contribution in [3.63, 3.8) is 0 Å². The number of halogens is 1. The van der Waals surface area contributed by atoms with E-state index in [1.54, 1.807) is 29.0 Å². The fraction of sp³-hybridized carbons (Fsp3) is 0.296. The second-order valence-electron chi connectivity index (χ2n) is 9.00. The Hall–Kier alpha value is -3.96. The molecule has 5 rings (SSSR count). The lowest BCUT2D eigenvalue weighted by Gasteiger charge is -2.31. The van der Waals surface area contributed by atoms with Crippen LogP contribution in [0.25, 0.3) is 5.69 Å². The maximum absolute atomic E-state index is 13.3. The maximum Gasteiger partial charge on any atom is 0.338 e. The molecule has 0 unspecified atom stereocenters. The van der Waals surface area contributed by atoms with E-state index in [2.05, 4.69) is 16.3 Å². The molecule has 0 spiro atoms. The summed E-state index contributed by atoms with van der Waals surface area (Å²) < 4.78 is 20.1. The van der Waals surface area contributed by atoms with Gasteiger partial charge in [0.15, 0.2) is 0 Å². The molecule has 0 atom stereocenters. The van der Waals surface area contributed by atoms with Gasteiger partial charge in [0, 0.05) is 29.9 Å². The zero-order chi connectivity index (χ0) is 24.4. The van der Waals surface area contributed by atoms with Crippen molar-refractivity contribution in [1.82, 2.24) is 9.47 Å². The van der Waals surface area contributed by atoms with Gasteiger partial charge in [-0.05, 0) is 74.3 Å². The van der Waals surface area contributed by atoms with Gasteiger partial charge in [-0.1, -0.05) is 12.1 Å². The summed E-state index contributed by atoms with van der Waals surface area (Å²) in [7, 11) is 0. The van der Waals surface area contributed by atoms with Gasteiger partial charge in [0.25, 0.3) is 0 Å². The first kappa shape index (κ1) is 22.8. The van der Waals surface area contributed by atoms with Crippen LogP contribution in [0.1, 0.15) is 39.9 Å². The van der Waals surface area contributed by atoms with Crippen LogP contribution in [0.15, 0.2) is 54.7 Å².